The summed E-state index contributed by atoms with van der Waals surface area (Å²) in [5.41, 5.74) is 7.58. The highest BCUT2D eigenvalue weighted by molar-refractivity contribution is 6.30. The Balaban J connectivity index is 1.35. The molecule has 0 radical (unpaired) electrons. The van der Waals surface area contributed by atoms with Gasteiger partial charge in [-0.25, -0.2) is 4.63 Å². The van der Waals surface area contributed by atoms with Crippen molar-refractivity contribution in [3.63, 3.8) is 0 Å². The quantitative estimate of drug-likeness (QED) is 0.471. The molecule has 2 aromatic carbocycles. The highest BCUT2D eigenvalue weighted by Gasteiger charge is 2.14. The van der Waals surface area contributed by atoms with Gasteiger partial charge >= 0.3 is 0 Å². The van der Waals surface area contributed by atoms with Crippen molar-refractivity contribution in [3.8, 4) is 5.75 Å². The van der Waals surface area contributed by atoms with Crippen molar-refractivity contribution in [2.45, 2.75) is 13.2 Å². The van der Waals surface area contributed by atoms with E-state index in [1.54, 1.807) is 0 Å². The van der Waals surface area contributed by atoms with Gasteiger partial charge in [-0.2, -0.15) is 0 Å². The highest BCUT2D eigenvalue weighted by Crippen LogP contribution is 2.16. The third-order valence-electron chi connectivity index (χ3n) is 3.86. The van der Waals surface area contributed by atoms with Crippen LogP contribution in [0.5, 0.6) is 5.75 Å². The Morgan fingerprint density at radius 3 is 2.64 bits per heavy atom. The Bertz CT molecular complexity index is 914. The van der Waals surface area contributed by atoms with E-state index in [-0.39, 0.29) is 11.5 Å². The molecule has 1 aromatic heterocycles. The van der Waals surface area contributed by atoms with E-state index >= 15 is 0 Å². The first kappa shape index (κ1) is 19.7. The van der Waals surface area contributed by atoms with Crippen LogP contribution < -0.4 is 21.1 Å². The number of nitrogen functional groups attached to an aromatic ring is 1. The molecule has 8 nitrogen and oxygen atoms in total. The van der Waals surface area contributed by atoms with Crippen molar-refractivity contribution in [2.24, 2.45) is 0 Å². The number of carbonyl (C=O) groups is 1. The minimum atomic E-state index is -0.415. The number of nitrogens with zero attached hydrogens (tertiary/aromatic N) is 2. The molecule has 0 fully saturated rings. The standard InChI is InChI=1S/C19H20ClN5O3/c20-15-3-1-2-14(10-15)12-27-16-6-4-13(5-7-16)11-22-8-9-23-19(26)17-18(21)25-28-24-17/h1-7,10,22H,8-9,11-12H2,(H2,21,25)(H,23,26). The van der Waals surface area contributed by atoms with Gasteiger partial charge < -0.3 is 21.1 Å². The van der Waals surface area contributed by atoms with Crippen molar-refractivity contribution in [3.05, 3.63) is 70.4 Å². The van der Waals surface area contributed by atoms with Crippen molar-refractivity contribution in [2.75, 3.05) is 18.8 Å². The Kier molecular flexibility index (Phi) is 6.83. The SMILES string of the molecule is Nc1nonc1C(=O)NCCNCc1ccc(OCc2cccc(Cl)c2)cc1. The first-order valence-corrected chi connectivity index (χ1v) is 9.03. The van der Waals surface area contributed by atoms with E-state index in [1.165, 1.54) is 0 Å². The van der Waals surface area contributed by atoms with Crippen LogP contribution in [-0.4, -0.2) is 29.3 Å². The van der Waals surface area contributed by atoms with Gasteiger partial charge in [-0.15, -0.1) is 0 Å². The lowest BCUT2D eigenvalue weighted by molar-refractivity contribution is 0.0944. The van der Waals surface area contributed by atoms with Crippen LogP contribution in [0, 0.1) is 0 Å². The van der Waals surface area contributed by atoms with Crippen LogP contribution >= 0.6 is 11.6 Å². The Morgan fingerprint density at radius 1 is 1.11 bits per heavy atom. The fraction of sp³-hybridized carbons (Fsp3) is 0.211. The molecule has 0 saturated carbocycles. The number of aromatic nitrogens is 2. The molecule has 3 aromatic rings. The van der Waals surface area contributed by atoms with Crippen molar-refractivity contribution >= 4 is 23.3 Å². The molecule has 0 spiro atoms. The summed E-state index contributed by atoms with van der Waals surface area (Å²) in [6, 6.07) is 15.4. The third-order valence-corrected chi connectivity index (χ3v) is 4.10. The van der Waals surface area contributed by atoms with E-state index in [9.17, 15) is 4.79 Å². The lowest BCUT2D eigenvalue weighted by Crippen LogP contribution is -2.32. The summed E-state index contributed by atoms with van der Waals surface area (Å²) in [4.78, 5) is 11.8. The second-order valence-corrected chi connectivity index (χ2v) is 6.43. The van der Waals surface area contributed by atoms with Crippen LogP contribution in [0.2, 0.25) is 5.02 Å². The molecule has 4 N–H and O–H groups in total. The van der Waals surface area contributed by atoms with E-state index in [4.69, 9.17) is 22.1 Å². The van der Waals surface area contributed by atoms with Gasteiger partial charge in [0.05, 0.1) is 0 Å². The molecule has 146 valence electrons. The first-order chi connectivity index (χ1) is 13.6. The summed E-state index contributed by atoms with van der Waals surface area (Å²) >= 11 is 5.97. The zero-order chi connectivity index (χ0) is 19.8. The maximum Gasteiger partial charge on any atom is 0.277 e. The molecule has 0 saturated heterocycles. The number of hydrogen-bond donors (Lipinski definition) is 3. The smallest absolute Gasteiger partial charge is 0.277 e. The molecule has 0 aliphatic rings. The van der Waals surface area contributed by atoms with Crippen LogP contribution in [0.3, 0.4) is 0 Å². The van der Waals surface area contributed by atoms with Crippen LogP contribution in [0.4, 0.5) is 5.82 Å². The molecular weight excluding hydrogens is 382 g/mol. The maximum atomic E-state index is 11.8. The van der Waals surface area contributed by atoms with Gasteiger partial charge in [-0.3, -0.25) is 4.79 Å². The molecule has 9 heteroatoms. The Hall–Kier alpha value is -3.10. The zero-order valence-corrected chi connectivity index (χ0v) is 15.8. The summed E-state index contributed by atoms with van der Waals surface area (Å²) in [6.07, 6.45) is 0. The lowest BCUT2D eigenvalue weighted by atomic mass is 10.2. The summed E-state index contributed by atoms with van der Waals surface area (Å²) in [5, 5.41) is 13.4. The van der Waals surface area contributed by atoms with Gasteiger partial charge in [0.2, 0.25) is 11.5 Å². The summed E-state index contributed by atoms with van der Waals surface area (Å²) in [6.45, 7) is 2.14. The van der Waals surface area contributed by atoms with E-state index in [1.807, 2.05) is 48.5 Å². The van der Waals surface area contributed by atoms with E-state index < -0.39 is 5.91 Å². The number of halogens is 1. The Labute approximate surface area is 167 Å². The number of hydrogen-bond acceptors (Lipinski definition) is 7. The topological polar surface area (TPSA) is 115 Å². The fourth-order valence-corrected chi connectivity index (χ4v) is 2.64. The number of anilines is 1. The number of amides is 1. The maximum absolute atomic E-state index is 11.8. The summed E-state index contributed by atoms with van der Waals surface area (Å²) in [5.74, 6) is 0.347. The molecule has 28 heavy (non-hydrogen) atoms. The first-order valence-electron chi connectivity index (χ1n) is 8.65. The lowest BCUT2D eigenvalue weighted by Gasteiger charge is -2.09. The van der Waals surface area contributed by atoms with Crippen molar-refractivity contribution in [1.29, 1.82) is 0 Å². The number of carbonyl (C=O) groups excluding carboxylic acids is 1. The number of rotatable bonds is 9. The number of nitrogens with two attached hydrogens (primary N) is 1. The minimum absolute atomic E-state index is 0.00615. The highest BCUT2D eigenvalue weighted by atomic mass is 35.5. The second-order valence-electron chi connectivity index (χ2n) is 5.99. The molecule has 1 amide bonds. The largest absolute Gasteiger partial charge is 0.489 e. The summed E-state index contributed by atoms with van der Waals surface area (Å²) < 4.78 is 10.2. The van der Waals surface area contributed by atoms with Crippen LogP contribution in [-0.2, 0) is 13.2 Å². The average Bonchev–Trinajstić information content (AvgIpc) is 3.13. The van der Waals surface area contributed by atoms with Crippen molar-refractivity contribution < 1.29 is 14.2 Å². The summed E-state index contributed by atoms with van der Waals surface area (Å²) in [7, 11) is 0. The number of benzene rings is 2. The van der Waals surface area contributed by atoms with Gasteiger partial charge in [0.25, 0.3) is 5.91 Å². The van der Waals surface area contributed by atoms with Gasteiger partial charge in [-0.05, 0) is 45.7 Å². The van der Waals surface area contributed by atoms with Gasteiger partial charge in [0, 0.05) is 24.7 Å². The number of ether oxygens (including phenoxy) is 1. The predicted octanol–water partition coefficient (Wildman–Crippen LogP) is 2.40. The molecule has 0 bridgehead atoms. The van der Waals surface area contributed by atoms with Crippen LogP contribution in [0.1, 0.15) is 21.6 Å². The van der Waals surface area contributed by atoms with Gasteiger partial charge in [0.1, 0.15) is 12.4 Å². The Morgan fingerprint density at radius 2 is 1.93 bits per heavy atom. The normalized spacial score (nSPS) is 10.6. The van der Waals surface area contributed by atoms with Gasteiger partial charge in [-0.1, -0.05) is 35.9 Å². The predicted molar refractivity (Wildman–Crippen MR) is 105 cm³/mol. The van der Waals surface area contributed by atoms with Gasteiger partial charge in [0.15, 0.2) is 0 Å². The van der Waals surface area contributed by atoms with Crippen LogP contribution in [0.15, 0.2) is 53.2 Å². The monoisotopic (exact) mass is 401 g/mol. The molecule has 1 heterocycles. The van der Waals surface area contributed by atoms with E-state index in [0.29, 0.717) is 31.3 Å². The zero-order valence-electron chi connectivity index (χ0n) is 15.0. The molecule has 0 aliphatic carbocycles. The van der Waals surface area contributed by atoms with Crippen LogP contribution in [0.25, 0.3) is 0 Å². The van der Waals surface area contributed by atoms with Crippen molar-refractivity contribution in [1.82, 2.24) is 20.9 Å². The molecule has 3 rings (SSSR count). The van der Waals surface area contributed by atoms with E-state index in [0.717, 1.165) is 16.9 Å². The molecule has 0 unspecified atom stereocenters. The second kappa shape index (κ2) is 9.72. The molecule has 0 atom stereocenters. The molecular formula is C19H20ClN5O3. The van der Waals surface area contributed by atoms with E-state index in [2.05, 4.69) is 25.6 Å². The third kappa shape index (κ3) is 5.70. The number of nitrogens with one attached hydrogen (secondary N) is 2. The fourth-order valence-electron chi connectivity index (χ4n) is 2.43. The molecule has 0 aliphatic heterocycles. The minimum Gasteiger partial charge on any atom is -0.489 e. The average molecular weight is 402 g/mol.